The molecule has 0 radical (unpaired) electrons. The number of aliphatic carboxylic acids is 1. The van der Waals surface area contributed by atoms with E-state index in [1.165, 1.54) is 7.05 Å². The van der Waals surface area contributed by atoms with Crippen molar-refractivity contribution in [1.29, 1.82) is 0 Å². The second-order valence-electron chi connectivity index (χ2n) is 2.20. The Balaban J connectivity index is 4.18. The van der Waals surface area contributed by atoms with Crippen LogP contribution in [0.3, 0.4) is 0 Å². The average molecular weight is 189 g/mol. The molecule has 0 fully saturated rings. The van der Waals surface area contributed by atoms with Crippen molar-refractivity contribution in [3.63, 3.8) is 0 Å². The van der Waals surface area contributed by atoms with Gasteiger partial charge >= 0.3 is 12.0 Å². The molecule has 0 heterocycles. The first-order valence-corrected chi connectivity index (χ1v) is 3.45. The highest BCUT2D eigenvalue weighted by atomic mass is 16.4. The predicted molar refractivity (Wildman–Crippen MR) is 42.8 cm³/mol. The minimum absolute atomic E-state index is 0.538. The molecular weight excluding hydrogens is 178 g/mol. The maximum atomic E-state index is 10.7. The molecule has 0 aliphatic carbocycles. The molecule has 0 aromatic carbocycles. The molecule has 0 rings (SSSR count). The highest BCUT2D eigenvalue weighted by Gasteiger charge is 2.19. The van der Waals surface area contributed by atoms with Gasteiger partial charge in [-0.3, -0.25) is 4.79 Å². The van der Waals surface area contributed by atoms with E-state index in [9.17, 15) is 14.4 Å². The number of rotatable bonds is 3. The van der Waals surface area contributed by atoms with Gasteiger partial charge in [-0.1, -0.05) is 0 Å². The minimum Gasteiger partial charge on any atom is -0.478 e. The summed E-state index contributed by atoms with van der Waals surface area (Å²) in [4.78, 5) is 31.6. The van der Waals surface area contributed by atoms with Gasteiger partial charge in [-0.15, -0.1) is 0 Å². The van der Waals surface area contributed by atoms with Crippen molar-refractivity contribution in [3.8, 4) is 0 Å². The maximum Gasteiger partial charge on any atom is 0.347 e. The van der Waals surface area contributed by atoms with E-state index in [0.717, 1.165) is 6.92 Å². The smallest absolute Gasteiger partial charge is 0.347 e. The lowest BCUT2D eigenvalue weighted by molar-refractivity contribution is -0.142. The zero-order valence-electron chi connectivity index (χ0n) is 7.25. The normalized spacial score (nSPS) is 11.2. The zero-order valence-corrected chi connectivity index (χ0v) is 7.25. The number of amides is 3. The molecule has 0 aliphatic heterocycles. The number of urea groups is 1. The van der Waals surface area contributed by atoms with E-state index < -0.39 is 24.1 Å². The van der Waals surface area contributed by atoms with Crippen molar-refractivity contribution < 1.29 is 19.5 Å². The van der Waals surface area contributed by atoms with Crippen molar-refractivity contribution in [2.24, 2.45) is 0 Å². The molecule has 0 aromatic heterocycles. The molecule has 0 saturated carbocycles. The molecule has 1 unspecified atom stereocenters. The van der Waals surface area contributed by atoms with E-state index in [2.05, 4.69) is 5.32 Å². The standard InChI is InChI=1S/C6H11N3O4/c1-3(10)8-4(5(11)12)9-6(13)7-2/h4H,1-2H3,(H,8,10)(H,11,12)(H2,7,9,13). The topological polar surface area (TPSA) is 108 Å². The highest BCUT2D eigenvalue weighted by Crippen LogP contribution is 1.78. The van der Waals surface area contributed by atoms with Crippen LogP contribution in [0.5, 0.6) is 0 Å². The molecule has 7 heteroatoms. The number of nitrogens with one attached hydrogen (secondary N) is 3. The monoisotopic (exact) mass is 189 g/mol. The SMILES string of the molecule is CNC(=O)NC(NC(C)=O)C(=O)O. The van der Waals surface area contributed by atoms with Crippen molar-refractivity contribution in [2.45, 2.75) is 13.1 Å². The first kappa shape index (κ1) is 11.2. The molecular formula is C6H11N3O4. The summed E-state index contributed by atoms with van der Waals surface area (Å²) >= 11 is 0. The van der Waals surface area contributed by atoms with Crippen LogP contribution in [0.25, 0.3) is 0 Å². The van der Waals surface area contributed by atoms with Crippen LogP contribution in [0.15, 0.2) is 0 Å². The molecule has 0 saturated heterocycles. The average Bonchev–Trinajstić information content (AvgIpc) is 2.02. The number of carbonyl (C=O) groups excluding carboxylic acids is 2. The lowest BCUT2D eigenvalue weighted by Gasteiger charge is -2.14. The third kappa shape index (κ3) is 4.62. The summed E-state index contributed by atoms with van der Waals surface area (Å²) < 4.78 is 0. The van der Waals surface area contributed by atoms with Crippen LogP contribution in [0.2, 0.25) is 0 Å². The Hall–Kier alpha value is -1.79. The van der Waals surface area contributed by atoms with Crippen LogP contribution < -0.4 is 16.0 Å². The quantitative estimate of drug-likeness (QED) is 0.403. The van der Waals surface area contributed by atoms with Gasteiger partial charge in [0, 0.05) is 14.0 Å². The summed E-state index contributed by atoms with van der Waals surface area (Å²) in [5.74, 6) is -1.87. The number of carboxylic acid groups (broad SMARTS) is 1. The van der Waals surface area contributed by atoms with Crippen LogP contribution in [-0.2, 0) is 9.59 Å². The molecule has 0 aliphatic rings. The first-order chi connectivity index (χ1) is 5.97. The molecule has 0 spiro atoms. The third-order valence-electron chi connectivity index (χ3n) is 1.10. The zero-order chi connectivity index (χ0) is 10.4. The van der Waals surface area contributed by atoms with E-state index in [1.807, 2.05) is 10.6 Å². The Kier molecular flexibility index (Phi) is 4.28. The second kappa shape index (κ2) is 4.96. The van der Waals surface area contributed by atoms with E-state index in [4.69, 9.17) is 5.11 Å². The highest BCUT2D eigenvalue weighted by molar-refractivity contribution is 5.86. The van der Waals surface area contributed by atoms with Gasteiger partial charge in [0.1, 0.15) is 0 Å². The Labute approximate surface area is 74.5 Å². The number of hydrogen-bond acceptors (Lipinski definition) is 3. The van der Waals surface area contributed by atoms with Gasteiger partial charge in [-0.2, -0.15) is 0 Å². The van der Waals surface area contributed by atoms with E-state index in [1.54, 1.807) is 0 Å². The van der Waals surface area contributed by atoms with Crippen molar-refractivity contribution in [3.05, 3.63) is 0 Å². The van der Waals surface area contributed by atoms with E-state index in [0.29, 0.717) is 0 Å². The van der Waals surface area contributed by atoms with Crippen LogP contribution >= 0.6 is 0 Å². The van der Waals surface area contributed by atoms with Crippen LogP contribution in [-0.4, -0.2) is 36.2 Å². The fourth-order valence-electron chi connectivity index (χ4n) is 0.566. The lowest BCUT2D eigenvalue weighted by atomic mass is 10.4. The van der Waals surface area contributed by atoms with Crippen molar-refractivity contribution >= 4 is 17.9 Å². The van der Waals surface area contributed by atoms with Crippen LogP contribution in [0, 0.1) is 0 Å². The van der Waals surface area contributed by atoms with Crippen molar-refractivity contribution in [1.82, 2.24) is 16.0 Å². The Bertz CT molecular complexity index is 228. The van der Waals surface area contributed by atoms with Crippen LogP contribution in [0.1, 0.15) is 6.92 Å². The third-order valence-corrected chi connectivity index (χ3v) is 1.10. The van der Waals surface area contributed by atoms with Gasteiger partial charge in [-0.05, 0) is 0 Å². The summed E-state index contributed by atoms with van der Waals surface area (Å²) in [7, 11) is 1.34. The van der Waals surface area contributed by atoms with Crippen LogP contribution in [0.4, 0.5) is 4.79 Å². The Morgan fingerprint density at radius 3 is 2.08 bits per heavy atom. The molecule has 0 aromatic rings. The lowest BCUT2D eigenvalue weighted by Crippen LogP contribution is -2.54. The number of carboxylic acids is 1. The molecule has 3 amide bonds. The molecule has 13 heavy (non-hydrogen) atoms. The molecule has 1 atom stereocenters. The van der Waals surface area contributed by atoms with Gasteiger partial charge in [-0.25, -0.2) is 9.59 Å². The summed E-state index contributed by atoms with van der Waals surface area (Å²) in [6.45, 7) is 1.15. The van der Waals surface area contributed by atoms with Gasteiger partial charge in [0.2, 0.25) is 12.1 Å². The van der Waals surface area contributed by atoms with E-state index in [-0.39, 0.29) is 0 Å². The second-order valence-corrected chi connectivity index (χ2v) is 2.20. The molecule has 7 nitrogen and oxygen atoms in total. The number of carbonyl (C=O) groups is 3. The van der Waals surface area contributed by atoms with Crippen molar-refractivity contribution in [2.75, 3.05) is 7.05 Å². The summed E-state index contributed by atoms with van der Waals surface area (Å²) in [6.07, 6.45) is -1.41. The molecule has 74 valence electrons. The van der Waals surface area contributed by atoms with Gasteiger partial charge < -0.3 is 21.1 Å². The Morgan fingerprint density at radius 2 is 1.77 bits per heavy atom. The fraction of sp³-hybridized carbons (Fsp3) is 0.500. The fourth-order valence-corrected chi connectivity index (χ4v) is 0.566. The largest absolute Gasteiger partial charge is 0.478 e. The summed E-state index contributed by atoms with van der Waals surface area (Å²) in [6, 6.07) is -0.679. The molecule has 4 N–H and O–H groups in total. The van der Waals surface area contributed by atoms with Gasteiger partial charge in [0.15, 0.2) is 0 Å². The Morgan fingerprint density at radius 1 is 1.23 bits per heavy atom. The minimum atomic E-state index is -1.41. The van der Waals surface area contributed by atoms with Gasteiger partial charge in [0.25, 0.3) is 0 Å². The molecule has 0 bridgehead atoms. The van der Waals surface area contributed by atoms with Gasteiger partial charge in [0.05, 0.1) is 0 Å². The van der Waals surface area contributed by atoms with E-state index >= 15 is 0 Å². The maximum absolute atomic E-state index is 10.7. The summed E-state index contributed by atoms with van der Waals surface area (Å²) in [5.41, 5.74) is 0. The number of hydrogen-bond donors (Lipinski definition) is 4. The summed E-state index contributed by atoms with van der Waals surface area (Å²) in [5, 5.41) is 14.7. The first-order valence-electron chi connectivity index (χ1n) is 3.45. The predicted octanol–water partition coefficient (Wildman–Crippen LogP) is -1.54.